The van der Waals surface area contributed by atoms with Gasteiger partial charge in [0.05, 0.1) is 19.6 Å². The highest BCUT2D eigenvalue weighted by molar-refractivity contribution is 5.77. The molecule has 0 spiro atoms. The second kappa shape index (κ2) is 6.51. The molecule has 1 atom stereocenters. The van der Waals surface area contributed by atoms with Gasteiger partial charge in [0.1, 0.15) is 5.75 Å². The van der Waals surface area contributed by atoms with Gasteiger partial charge in [0, 0.05) is 0 Å². The molecule has 0 fully saturated rings. The standard InChI is InChI=1S/C20H19NO/c1-21-13-5-8-19-18-7-4-3-6-15(18)9-10-16-11-12-17(22-2)14-20(16)19/h3-4,6-7,9-12,14,19,21H,13H2,1-2H3. The predicted octanol–water partition coefficient (Wildman–Crippen LogP) is 3.53. The van der Waals surface area contributed by atoms with E-state index in [1.807, 2.05) is 13.1 Å². The van der Waals surface area contributed by atoms with Gasteiger partial charge in [0.2, 0.25) is 0 Å². The maximum Gasteiger partial charge on any atom is 0.119 e. The summed E-state index contributed by atoms with van der Waals surface area (Å²) in [6.07, 6.45) is 4.33. The van der Waals surface area contributed by atoms with Crippen molar-refractivity contribution in [2.75, 3.05) is 20.7 Å². The Bertz CT molecular complexity index is 765. The van der Waals surface area contributed by atoms with Crippen molar-refractivity contribution in [2.24, 2.45) is 0 Å². The zero-order valence-electron chi connectivity index (χ0n) is 12.9. The van der Waals surface area contributed by atoms with Crippen molar-refractivity contribution in [1.82, 2.24) is 5.32 Å². The highest BCUT2D eigenvalue weighted by Crippen LogP contribution is 2.35. The first-order chi connectivity index (χ1) is 10.8. The molecule has 2 aromatic rings. The van der Waals surface area contributed by atoms with Crippen molar-refractivity contribution in [1.29, 1.82) is 0 Å². The van der Waals surface area contributed by atoms with Gasteiger partial charge in [-0.2, -0.15) is 0 Å². The van der Waals surface area contributed by atoms with Crippen LogP contribution in [-0.4, -0.2) is 20.7 Å². The lowest BCUT2D eigenvalue weighted by atomic mass is 9.88. The molecule has 0 bridgehead atoms. The molecule has 1 unspecified atom stereocenters. The molecule has 22 heavy (non-hydrogen) atoms. The Hall–Kier alpha value is -2.50. The Balaban J connectivity index is 2.17. The van der Waals surface area contributed by atoms with E-state index in [-0.39, 0.29) is 5.92 Å². The van der Waals surface area contributed by atoms with E-state index in [9.17, 15) is 0 Å². The summed E-state index contributed by atoms with van der Waals surface area (Å²) in [5.74, 6) is 7.57. The molecule has 0 aromatic heterocycles. The van der Waals surface area contributed by atoms with E-state index < -0.39 is 0 Å². The lowest BCUT2D eigenvalue weighted by molar-refractivity contribution is 0.414. The van der Waals surface area contributed by atoms with Gasteiger partial charge in [0.15, 0.2) is 0 Å². The monoisotopic (exact) mass is 289 g/mol. The van der Waals surface area contributed by atoms with Crippen LogP contribution in [0.15, 0.2) is 42.5 Å². The molecule has 2 nitrogen and oxygen atoms in total. The molecule has 1 aliphatic carbocycles. The fourth-order valence-electron chi connectivity index (χ4n) is 2.75. The maximum absolute atomic E-state index is 5.40. The molecule has 110 valence electrons. The van der Waals surface area contributed by atoms with Gasteiger partial charge < -0.3 is 10.1 Å². The molecule has 0 saturated carbocycles. The van der Waals surface area contributed by atoms with Crippen LogP contribution in [0.2, 0.25) is 0 Å². The molecule has 2 heteroatoms. The van der Waals surface area contributed by atoms with Gasteiger partial charge in [-0.1, -0.05) is 54.3 Å². The number of methoxy groups -OCH3 is 1. The maximum atomic E-state index is 5.40. The minimum Gasteiger partial charge on any atom is -0.497 e. The van der Waals surface area contributed by atoms with E-state index in [0.717, 1.165) is 5.75 Å². The fourth-order valence-corrected chi connectivity index (χ4v) is 2.75. The summed E-state index contributed by atoms with van der Waals surface area (Å²) in [4.78, 5) is 0. The van der Waals surface area contributed by atoms with Gasteiger partial charge >= 0.3 is 0 Å². The molecule has 1 aliphatic rings. The van der Waals surface area contributed by atoms with Gasteiger partial charge in [-0.25, -0.2) is 0 Å². The van der Waals surface area contributed by atoms with Crippen molar-refractivity contribution in [2.45, 2.75) is 5.92 Å². The zero-order chi connectivity index (χ0) is 15.4. The minimum absolute atomic E-state index is 0.0599. The van der Waals surface area contributed by atoms with Gasteiger partial charge in [-0.15, -0.1) is 0 Å². The summed E-state index contributed by atoms with van der Waals surface area (Å²) in [6, 6.07) is 14.6. The Labute approximate surface area is 131 Å². The van der Waals surface area contributed by atoms with Crippen molar-refractivity contribution < 1.29 is 4.74 Å². The third-order valence-corrected chi connectivity index (χ3v) is 3.87. The summed E-state index contributed by atoms with van der Waals surface area (Å²) >= 11 is 0. The van der Waals surface area contributed by atoms with Crippen LogP contribution < -0.4 is 10.1 Å². The van der Waals surface area contributed by atoms with E-state index in [0.29, 0.717) is 6.54 Å². The molecule has 0 saturated heterocycles. The summed E-state index contributed by atoms with van der Waals surface area (Å²) in [5.41, 5.74) is 4.86. The largest absolute Gasteiger partial charge is 0.497 e. The SMILES string of the molecule is CNCC#CC1c2ccccc2C=Cc2ccc(OC)cc21. The second-order valence-corrected chi connectivity index (χ2v) is 5.24. The number of ether oxygens (including phenoxy) is 1. The quantitative estimate of drug-likeness (QED) is 0.854. The number of hydrogen-bond donors (Lipinski definition) is 1. The third kappa shape index (κ3) is 2.77. The second-order valence-electron chi connectivity index (χ2n) is 5.24. The molecule has 0 aliphatic heterocycles. The van der Waals surface area contributed by atoms with Gasteiger partial charge in [0.25, 0.3) is 0 Å². The first-order valence-corrected chi connectivity index (χ1v) is 7.41. The van der Waals surface area contributed by atoms with E-state index in [2.05, 4.69) is 65.7 Å². The first-order valence-electron chi connectivity index (χ1n) is 7.41. The Kier molecular flexibility index (Phi) is 4.27. The fraction of sp³-hybridized carbons (Fsp3) is 0.200. The molecular weight excluding hydrogens is 270 g/mol. The van der Waals surface area contributed by atoms with Crippen molar-refractivity contribution in [3.05, 3.63) is 64.7 Å². The average Bonchev–Trinajstić information content (AvgIpc) is 2.72. The lowest BCUT2D eigenvalue weighted by Gasteiger charge is -2.16. The van der Waals surface area contributed by atoms with E-state index >= 15 is 0 Å². The number of benzene rings is 2. The Morgan fingerprint density at radius 1 is 1.05 bits per heavy atom. The minimum atomic E-state index is 0.0599. The highest BCUT2D eigenvalue weighted by atomic mass is 16.5. The van der Waals surface area contributed by atoms with Crippen LogP contribution in [-0.2, 0) is 0 Å². The summed E-state index contributed by atoms with van der Waals surface area (Å²) in [7, 11) is 3.61. The van der Waals surface area contributed by atoms with Crippen LogP contribution in [0.1, 0.15) is 28.2 Å². The molecule has 2 aromatic carbocycles. The van der Waals surface area contributed by atoms with Crippen LogP contribution in [0.25, 0.3) is 12.2 Å². The van der Waals surface area contributed by atoms with E-state index in [4.69, 9.17) is 4.74 Å². The molecule has 3 rings (SSSR count). The van der Waals surface area contributed by atoms with Crippen LogP contribution >= 0.6 is 0 Å². The van der Waals surface area contributed by atoms with Gasteiger partial charge in [-0.3, -0.25) is 0 Å². The van der Waals surface area contributed by atoms with Gasteiger partial charge in [-0.05, 0) is 41.4 Å². The zero-order valence-corrected chi connectivity index (χ0v) is 12.9. The first kappa shape index (κ1) is 14.4. The highest BCUT2D eigenvalue weighted by Gasteiger charge is 2.20. The summed E-state index contributed by atoms with van der Waals surface area (Å²) in [5, 5.41) is 3.08. The van der Waals surface area contributed by atoms with Crippen molar-refractivity contribution in [3.63, 3.8) is 0 Å². The van der Waals surface area contributed by atoms with Crippen molar-refractivity contribution in [3.8, 4) is 17.6 Å². The van der Waals surface area contributed by atoms with E-state index in [1.165, 1.54) is 22.3 Å². The lowest BCUT2D eigenvalue weighted by Crippen LogP contribution is -2.06. The molecular formula is C20H19NO. The summed E-state index contributed by atoms with van der Waals surface area (Å²) in [6.45, 7) is 0.686. The Morgan fingerprint density at radius 2 is 1.82 bits per heavy atom. The molecule has 0 heterocycles. The topological polar surface area (TPSA) is 21.3 Å². The predicted molar refractivity (Wildman–Crippen MR) is 91.9 cm³/mol. The van der Waals surface area contributed by atoms with Crippen LogP contribution in [0, 0.1) is 11.8 Å². The van der Waals surface area contributed by atoms with Crippen LogP contribution in [0.3, 0.4) is 0 Å². The van der Waals surface area contributed by atoms with Crippen LogP contribution in [0.4, 0.5) is 0 Å². The van der Waals surface area contributed by atoms with Crippen LogP contribution in [0.5, 0.6) is 5.75 Å². The van der Waals surface area contributed by atoms with E-state index in [1.54, 1.807) is 7.11 Å². The average molecular weight is 289 g/mol. The Morgan fingerprint density at radius 3 is 2.59 bits per heavy atom. The molecule has 1 N–H and O–H groups in total. The molecule has 0 amide bonds. The number of nitrogens with one attached hydrogen (secondary N) is 1. The normalized spacial score (nSPS) is 15.1. The third-order valence-electron chi connectivity index (χ3n) is 3.87. The number of rotatable bonds is 2. The smallest absolute Gasteiger partial charge is 0.119 e. The summed E-state index contributed by atoms with van der Waals surface area (Å²) < 4.78 is 5.40. The number of fused-ring (bicyclic) bond motifs is 2. The molecule has 0 radical (unpaired) electrons. The number of hydrogen-bond acceptors (Lipinski definition) is 2. The van der Waals surface area contributed by atoms with Crippen molar-refractivity contribution >= 4 is 12.2 Å².